The molecule has 4 rings (SSSR count). The number of para-hydroxylation sites is 1. The maximum absolute atomic E-state index is 12.0. The number of fused-ring (bicyclic) bond motifs is 1. The quantitative estimate of drug-likeness (QED) is 0.278. The average molecular weight is 484 g/mol. The van der Waals surface area contributed by atoms with Gasteiger partial charge in [0.25, 0.3) is 0 Å². The van der Waals surface area contributed by atoms with E-state index in [1.54, 1.807) is 20.1 Å². The summed E-state index contributed by atoms with van der Waals surface area (Å²) in [7, 11) is 1.55. The molecule has 0 fully saturated rings. The van der Waals surface area contributed by atoms with E-state index in [1.165, 1.54) is 0 Å². The van der Waals surface area contributed by atoms with Gasteiger partial charge in [-0.15, -0.1) is 0 Å². The molecule has 1 aromatic heterocycles. The summed E-state index contributed by atoms with van der Waals surface area (Å²) in [5, 5.41) is 15.3. The number of hydrogen-bond acceptors (Lipinski definition) is 6. The summed E-state index contributed by atoms with van der Waals surface area (Å²) in [5.74, 6) is 0.886. The maximum atomic E-state index is 12.0. The number of benzene rings is 3. The first-order valence-corrected chi connectivity index (χ1v) is 11.9. The molecule has 0 atom stereocenters. The number of hydrogen-bond donors (Lipinski definition) is 0. The fraction of sp³-hybridized carbons (Fsp3) is 0.276. The Labute approximate surface area is 210 Å². The van der Waals surface area contributed by atoms with E-state index in [9.17, 15) is 10.1 Å². The molecule has 0 aliphatic rings. The van der Waals surface area contributed by atoms with Gasteiger partial charge in [0.1, 0.15) is 29.9 Å². The van der Waals surface area contributed by atoms with Gasteiger partial charge in [0.2, 0.25) is 0 Å². The van der Waals surface area contributed by atoms with Gasteiger partial charge in [-0.3, -0.25) is 9.48 Å². The Hall–Kier alpha value is -4.31. The van der Waals surface area contributed by atoms with Gasteiger partial charge in [-0.05, 0) is 62.2 Å². The zero-order valence-electron chi connectivity index (χ0n) is 20.9. The number of aromatic nitrogens is 2. The molecule has 0 amide bonds. The first kappa shape index (κ1) is 24.8. The van der Waals surface area contributed by atoms with Crippen molar-refractivity contribution >= 4 is 16.9 Å². The Morgan fingerprint density at radius 1 is 1.06 bits per heavy atom. The zero-order valence-corrected chi connectivity index (χ0v) is 20.9. The fourth-order valence-corrected chi connectivity index (χ4v) is 4.16. The molecule has 0 radical (unpaired) electrons. The molecule has 4 aromatic rings. The smallest absolute Gasteiger partial charge is 0.310 e. The molecule has 3 aromatic carbocycles. The lowest BCUT2D eigenvalue weighted by Gasteiger charge is -2.11. The molecule has 0 aliphatic heterocycles. The molecule has 0 saturated heterocycles. The average Bonchev–Trinajstić information content (AvgIpc) is 3.26. The summed E-state index contributed by atoms with van der Waals surface area (Å²) in [6.07, 6.45) is 0.147. The van der Waals surface area contributed by atoms with Crippen LogP contribution in [0.3, 0.4) is 0 Å². The second-order valence-electron chi connectivity index (χ2n) is 8.62. The van der Waals surface area contributed by atoms with Gasteiger partial charge in [-0.1, -0.05) is 30.3 Å². The van der Waals surface area contributed by atoms with Gasteiger partial charge in [-0.2, -0.15) is 10.4 Å². The molecule has 0 spiro atoms. The molecule has 0 aliphatic carbocycles. The van der Waals surface area contributed by atoms with E-state index in [0.717, 1.165) is 33.3 Å². The van der Waals surface area contributed by atoms with Crippen molar-refractivity contribution in [3.8, 4) is 28.7 Å². The minimum absolute atomic E-state index is 0.147. The highest BCUT2D eigenvalue weighted by Crippen LogP contribution is 2.31. The molecule has 1 heterocycles. The van der Waals surface area contributed by atoms with Gasteiger partial charge in [-0.25, -0.2) is 0 Å². The van der Waals surface area contributed by atoms with E-state index in [2.05, 4.69) is 26.0 Å². The lowest BCUT2D eigenvalue weighted by Crippen LogP contribution is -2.09. The van der Waals surface area contributed by atoms with Crippen molar-refractivity contribution < 1.29 is 19.0 Å². The van der Waals surface area contributed by atoms with Crippen LogP contribution in [-0.4, -0.2) is 29.5 Å². The monoisotopic (exact) mass is 483 g/mol. The van der Waals surface area contributed by atoms with Crippen LogP contribution < -0.4 is 9.47 Å². The number of nitrogens with zero attached hydrogens (tertiary/aromatic N) is 3. The molecule has 0 saturated carbocycles. The van der Waals surface area contributed by atoms with Crippen molar-refractivity contribution in [3.05, 3.63) is 77.5 Å². The van der Waals surface area contributed by atoms with Gasteiger partial charge in [0.15, 0.2) is 0 Å². The van der Waals surface area contributed by atoms with Crippen LogP contribution in [0, 0.1) is 11.3 Å². The summed E-state index contributed by atoms with van der Waals surface area (Å²) < 4.78 is 18.5. The van der Waals surface area contributed by atoms with Crippen LogP contribution in [0.4, 0.5) is 0 Å². The van der Waals surface area contributed by atoms with Gasteiger partial charge < -0.3 is 14.2 Å². The summed E-state index contributed by atoms with van der Waals surface area (Å²) in [6, 6.07) is 21.6. The molecule has 7 nitrogen and oxygen atoms in total. The number of methoxy groups -OCH3 is 1. The second-order valence-corrected chi connectivity index (χ2v) is 8.62. The summed E-state index contributed by atoms with van der Waals surface area (Å²) in [4.78, 5) is 12.0. The Kier molecular flexibility index (Phi) is 7.55. The second kappa shape index (κ2) is 11.0. The lowest BCUT2D eigenvalue weighted by atomic mass is 10.0. The van der Waals surface area contributed by atoms with E-state index in [-0.39, 0.29) is 25.0 Å². The summed E-state index contributed by atoms with van der Waals surface area (Å²) in [5.41, 5.74) is 4.93. The summed E-state index contributed by atoms with van der Waals surface area (Å²) >= 11 is 0. The first-order chi connectivity index (χ1) is 17.4. The van der Waals surface area contributed by atoms with Crippen LogP contribution in [0.15, 0.2) is 60.7 Å². The largest absolute Gasteiger partial charge is 0.495 e. The van der Waals surface area contributed by atoms with Crippen LogP contribution in [0.5, 0.6) is 11.5 Å². The van der Waals surface area contributed by atoms with Crippen LogP contribution in [0.1, 0.15) is 43.6 Å². The zero-order chi connectivity index (χ0) is 25.7. The van der Waals surface area contributed by atoms with Gasteiger partial charge in [0.05, 0.1) is 31.2 Å². The number of ether oxygens (including phenoxy) is 3. The number of carbonyl (C=O) groups excluding carboxylic acids is 1. The van der Waals surface area contributed by atoms with Gasteiger partial charge in [0, 0.05) is 17.0 Å². The maximum Gasteiger partial charge on any atom is 0.310 e. The minimum Gasteiger partial charge on any atom is -0.495 e. The minimum atomic E-state index is -0.288. The van der Waals surface area contributed by atoms with Gasteiger partial charge >= 0.3 is 5.97 Å². The number of carbonyl (C=O) groups is 1. The Balaban J connectivity index is 1.69. The van der Waals surface area contributed by atoms with Crippen molar-refractivity contribution in [2.75, 3.05) is 13.7 Å². The van der Waals surface area contributed by atoms with E-state index in [4.69, 9.17) is 19.3 Å². The number of nitriles is 1. The highest BCUT2D eigenvalue weighted by atomic mass is 16.5. The summed E-state index contributed by atoms with van der Waals surface area (Å²) in [6.45, 7) is 6.54. The highest BCUT2D eigenvalue weighted by molar-refractivity contribution is 5.87. The van der Waals surface area contributed by atoms with Crippen LogP contribution in [0.25, 0.3) is 22.0 Å². The number of rotatable bonds is 9. The predicted molar refractivity (Wildman–Crippen MR) is 138 cm³/mol. The third-order valence-corrected chi connectivity index (χ3v) is 5.90. The molecule has 0 unspecified atom stereocenters. The molecule has 36 heavy (non-hydrogen) atoms. The van der Waals surface area contributed by atoms with E-state index < -0.39 is 0 Å². The first-order valence-electron chi connectivity index (χ1n) is 11.9. The van der Waals surface area contributed by atoms with Crippen molar-refractivity contribution in [2.45, 2.75) is 39.8 Å². The fourth-order valence-electron chi connectivity index (χ4n) is 4.16. The van der Waals surface area contributed by atoms with Crippen molar-refractivity contribution in [1.82, 2.24) is 9.78 Å². The molecule has 7 heteroatoms. The van der Waals surface area contributed by atoms with E-state index in [0.29, 0.717) is 23.7 Å². The third-order valence-electron chi connectivity index (χ3n) is 5.90. The third kappa shape index (κ3) is 5.18. The Morgan fingerprint density at radius 2 is 1.81 bits per heavy atom. The molecule has 184 valence electrons. The molecule has 0 N–H and O–H groups in total. The van der Waals surface area contributed by atoms with E-state index >= 15 is 0 Å². The van der Waals surface area contributed by atoms with E-state index in [1.807, 2.05) is 53.2 Å². The highest BCUT2D eigenvalue weighted by Gasteiger charge is 2.16. The Morgan fingerprint density at radius 3 is 2.53 bits per heavy atom. The van der Waals surface area contributed by atoms with Crippen LogP contribution in [-0.2, 0) is 22.6 Å². The van der Waals surface area contributed by atoms with Crippen molar-refractivity contribution in [2.24, 2.45) is 0 Å². The van der Waals surface area contributed by atoms with Crippen LogP contribution in [0.2, 0.25) is 0 Å². The van der Waals surface area contributed by atoms with Crippen molar-refractivity contribution in [3.63, 3.8) is 0 Å². The number of esters is 1. The predicted octanol–water partition coefficient (Wildman–Crippen LogP) is 5.85. The lowest BCUT2D eigenvalue weighted by molar-refractivity contribution is -0.142. The molecular formula is C29H29N3O4. The van der Waals surface area contributed by atoms with Crippen LogP contribution >= 0.6 is 0 Å². The standard InChI is InChI=1S/C29H29N3O4/c1-5-35-29(33)16-22-8-6-7-9-28(22)36-18-25-24-15-21(10-12-26(24)32(31-25)19(2)3)20-11-13-27(34-4)23(14-20)17-30/h6-15,19H,5,16,18H2,1-4H3. The topological polar surface area (TPSA) is 86.4 Å². The normalized spacial score (nSPS) is 10.9. The Bertz CT molecular complexity index is 1430. The molecule has 0 bridgehead atoms. The molecular weight excluding hydrogens is 454 g/mol. The SMILES string of the molecule is CCOC(=O)Cc1ccccc1OCc1nn(C(C)C)c2ccc(-c3ccc(OC)c(C#N)c3)cc12. The van der Waals surface area contributed by atoms with Crippen molar-refractivity contribution in [1.29, 1.82) is 5.26 Å².